The highest BCUT2D eigenvalue weighted by atomic mass is 35.5. The van der Waals surface area contributed by atoms with Gasteiger partial charge in [-0.3, -0.25) is 9.78 Å². The van der Waals surface area contributed by atoms with Crippen LogP contribution in [0.3, 0.4) is 0 Å². The van der Waals surface area contributed by atoms with E-state index in [4.69, 9.17) is 16.3 Å². The summed E-state index contributed by atoms with van der Waals surface area (Å²) >= 11 is 5.67. The number of pyridine rings is 1. The van der Waals surface area contributed by atoms with Gasteiger partial charge in [0.25, 0.3) is 5.91 Å². The third-order valence-corrected chi connectivity index (χ3v) is 5.18. The van der Waals surface area contributed by atoms with E-state index in [1.165, 1.54) is 17.0 Å². The van der Waals surface area contributed by atoms with Gasteiger partial charge in [-0.2, -0.15) is 0 Å². The van der Waals surface area contributed by atoms with Crippen LogP contribution in [-0.4, -0.2) is 46.2 Å². The maximum absolute atomic E-state index is 13.6. The number of aliphatic hydroxyl groups excluding tert-OH is 1. The lowest BCUT2D eigenvalue weighted by atomic mass is 10.0. The molecule has 3 aromatic rings. The molecule has 0 unspecified atom stereocenters. The van der Waals surface area contributed by atoms with Gasteiger partial charge in [0.2, 0.25) is 0 Å². The predicted octanol–water partition coefficient (Wildman–Crippen LogP) is 3.68. The minimum absolute atomic E-state index is 0.0331. The van der Waals surface area contributed by atoms with E-state index in [-0.39, 0.29) is 23.0 Å². The van der Waals surface area contributed by atoms with Gasteiger partial charge in [-0.15, -0.1) is 0 Å². The molecule has 1 aliphatic heterocycles. The van der Waals surface area contributed by atoms with Crippen LogP contribution in [0.1, 0.15) is 16.8 Å². The fraction of sp³-hybridized carbons (Fsp3) is 0.238. The number of ether oxygens (including phenoxy) is 1. The summed E-state index contributed by atoms with van der Waals surface area (Å²) in [5.74, 6) is -0.342. The molecule has 2 heterocycles. The quantitative estimate of drug-likeness (QED) is 0.728. The van der Waals surface area contributed by atoms with Crippen molar-refractivity contribution >= 4 is 28.3 Å². The van der Waals surface area contributed by atoms with Crippen molar-refractivity contribution in [2.24, 2.45) is 0 Å². The first-order valence-electron chi connectivity index (χ1n) is 8.94. The number of likely N-dealkylation sites (tertiary alicyclic amines) is 1. The molecule has 144 valence electrons. The number of rotatable bonds is 3. The summed E-state index contributed by atoms with van der Waals surface area (Å²) in [7, 11) is 0. The Morgan fingerprint density at radius 1 is 1.21 bits per heavy atom. The second-order valence-corrected chi connectivity index (χ2v) is 7.18. The Bertz CT molecular complexity index is 1030. The molecular formula is C21H18ClFN2O3. The molecule has 0 saturated carbocycles. The molecule has 0 bridgehead atoms. The topological polar surface area (TPSA) is 62.7 Å². The van der Waals surface area contributed by atoms with Crippen molar-refractivity contribution in [3.63, 3.8) is 0 Å². The van der Waals surface area contributed by atoms with Crippen molar-refractivity contribution in [3.05, 3.63) is 71.3 Å². The first-order valence-corrected chi connectivity index (χ1v) is 9.32. The molecule has 0 spiro atoms. The van der Waals surface area contributed by atoms with Crippen molar-refractivity contribution in [1.82, 2.24) is 9.88 Å². The molecule has 0 radical (unpaired) electrons. The highest BCUT2D eigenvalue weighted by molar-refractivity contribution is 6.30. The van der Waals surface area contributed by atoms with Crippen molar-refractivity contribution < 1.29 is 19.0 Å². The third kappa shape index (κ3) is 3.79. The fourth-order valence-electron chi connectivity index (χ4n) is 3.35. The number of aliphatic hydroxyl groups is 1. The van der Waals surface area contributed by atoms with E-state index >= 15 is 0 Å². The molecule has 5 nitrogen and oxygen atoms in total. The number of hydrogen-bond donors (Lipinski definition) is 1. The van der Waals surface area contributed by atoms with E-state index in [9.17, 15) is 14.3 Å². The lowest BCUT2D eigenvalue weighted by molar-refractivity contribution is -0.0198. The maximum Gasteiger partial charge on any atom is 0.254 e. The average molecular weight is 401 g/mol. The normalized spacial score (nSPS) is 19.6. The van der Waals surface area contributed by atoms with Gasteiger partial charge in [0, 0.05) is 36.3 Å². The highest BCUT2D eigenvalue weighted by Crippen LogP contribution is 2.25. The van der Waals surface area contributed by atoms with Crippen molar-refractivity contribution in [2.75, 3.05) is 13.1 Å². The lowest BCUT2D eigenvalue weighted by Crippen LogP contribution is -2.51. The average Bonchev–Trinajstić information content (AvgIpc) is 2.71. The monoisotopic (exact) mass is 400 g/mol. The smallest absolute Gasteiger partial charge is 0.254 e. The van der Waals surface area contributed by atoms with Gasteiger partial charge in [-0.25, -0.2) is 4.39 Å². The SMILES string of the molecule is O=C(c1ccc(Cl)c(F)c1)N1CC[C@@H](Oc2ccc3ccncc3c2)[C@H](O)C1. The summed E-state index contributed by atoms with van der Waals surface area (Å²) in [5.41, 5.74) is 0.204. The minimum atomic E-state index is -0.848. The molecule has 2 atom stereocenters. The van der Waals surface area contributed by atoms with Crippen LogP contribution < -0.4 is 4.74 Å². The summed E-state index contributed by atoms with van der Waals surface area (Å²) in [6, 6.07) is 11.5. The van der Waals surface area contributed by atoms with Gasteiger partial charge in [-0.1, -0.05) is 17.7 Å². The highest BCUT2D eigenvalue weighted by Gasteiger charge is 2.32. The molecule has 7 heteroatoms. The number of carbonyl (C=O) groups excluding carboxylic acids is 1. The van der Waals surface area contributed by atoms with Crippen LogP contribution in [0, 0.1) is 5.82 Å². The number of halogens is 2. The molecule has 1 N–H and O–H groups in total. The van der Waals surface area contributed by atoms with Gasteiger partial charge < -0.3 is 14.7 Å². The number of amides is 1. The van der Waals surface area contributed by atoms with Gasteiger partial charge in [0.15, 0.2) is 0 Å². The molecule has 0 aliphatic carbocycles. The largest absolute Gasteiger partial charge is 0.488 e. The van der Waals surface area contributed by atoms with Crippen molar-refractivity contribution in [1.29, 1.82) is 0 Å². The molecule has 1 aromatic heterocycles. The molecule has 1 saturated heterocycles. The maximum atomic E-state index is 13.6. The zero-order chi connectivity index (χ0) is 19.7. The van der Waals surface area contributed by atoms with Crippen molar-refractivity contribution in [3.8, 4) is 5.75 Å². The van der Waals surface area contributed by atoms with E-state index in [0.717, 1.165) is 16.8 Å². The number of nitrogens with zero attached hydrogens (tertiary/aromatic N) is 2. The standard InChI is InChI=1S/C21H18ClFN2O3/c22-17-4-2-14(10-18(17)23)21(27)25-8-6-20(19(26)12-25)28-16-3-1-13-5-7-24-11-15(13)9-16/h1-5,7,9-11,19-20,26H,6,8,12H2/t19-,20-/m1/s1. The summed E-state index contributed by atoms with van der Waals surface area (Å²) in [6.07, 6.45) is 2.67. The van der Waals surface area contributed by atoms with Crippen LogP contribution in [0.15, 0.2) is 54.9 Å². The first kappa shape index (κ1) is 18.7. The zero-order valence-electron chi connectivity index (χ0n) is 14.9. The Hall–Kier alpha value is -2.70. The second-order valence-electron chi connectivity index (χ2n) is 6.78. The molecule has 4 rings (SSSR count). The lowest BCUT2D eigenvalue weighted by Gasteiger charge is -2.36. The molecule has 1 fully saturated rings. The number of benzene rings is 2. The molecule has 28 heavy (non-hydrogen) atoms. The number of aromatic nitrogens is 1. The number of hydrogen-bond acceptors (Lipinski definition) is 4. The predicted molar refractivity (Wildman–Crippen MR) is 104 cm³/mol. The van der Waals surface area contributed by atoms with Gasteiger partial charge in [0.1, 0.15) is 23.8 Å². The zero-order valence-corrected chi connectivity index (χ0v) is 15.6. The van der Waals surface area contributed by atoms with E-state index in [1.807, 2.05) is 24.3 Å². The summed E-state index contributed by atoms with van der Waals surface area (Å²) in [6.45, 7) is 0.517. The first-order chi connectivity index (χ1) is 13.5. The summed E-state index contributed by atoms with van der Waals surface area (Å²) < 4.78 is 19.6. The number of piperidine rings is 1. The van der Waals surface area contributed by atoms with Crippen LogP contribution in [0.4, 0.5) is 4.39 Å². The van der Waals surface area contributed by atoms with E-state index in [2.05, 4.69) is 4.98 Å². The molecule has 2 aromatic carbocycles. The Labute approximate surface area is 166 Å². The molecular weight excluding hydrogens is 383 g/mol. The Balaban J connectivity index is 1.43. The van der Waals surface area contributed by atoms with Crippen LogP contribution in [0.25, 0.3) is 10.8 Å². The summed E-state index contributed by atoms with van der Waals surface area (Å²) in [5, 5.41) is 12.5. The van der Waals surface area contributed by atoms with Crippen LogP contribution >= 0.6 is 11.6 Å². The number of β-amino-alcohol motifs (C(OH)–C–C–N with tert-alkyl or cyclic N) is 1. The summed E-state index contributed by atoms with van der Waals surface area (Å²) in [4.78, 5) is 18.2. The van der Waals surface area contributed by atoms with Gasteiger partial charge >= 0.3 is 0 Å². The molecule has 1 aliphatic rings. The third-order valence-electron chi connectivity index (χ3n) is 4.87. The Kier molecular flexibility index (Phi) is 5.15. The van der Waals surface area contributed by atoms with Crippen molar-refractivity contribution in [2.45, 2.75) is 18.6 Å². The number of fused-ring (bicyclic) bond motifs is 1. The second kappa shape index (κ2) is 7.73. The number of carbonyl (C=O) groups is 1. The van der Waals surface area contributed by atoms with Gasteiger partial charge in [-0.05, 0) is 41.8 Å². The van der Waals surface area contributed by atoms with Crippen LogP contribution in [0.2, 0.25) is 5.02 Å². The minimum Gasteiger partial charge on any atom is -0.488 e. The Morgan fingerprint density at radius 3 is 2.86 bits per heavy atom. The molecule has 1 amide bonds. The van der Waals surface area contributed by atoms with E-state index in [1.54, 1.807) is 12.4 Å². The fourth-order valence-corrected chi connectivity index (χ4v) is 3.47. The Morgan fingerprint density at radius 2 is 2.07 bits per heavy atom. The van der Waals surface area contributed by atoms with Gasteiger partial charge in [0.05, 0.1) is 11.6 Å². The van der Waals surface area contributed by atoms with Crippen LogP contribution in [0.5, 0.6) is 5.75 Å². The van der Waals surface area contributed by atoms with Crippen LogP contribution in [-0.2, 0) is 0 Å². The van der Waals surface area contributed by atoms with E-state index in [0.29, 0.717) is 18.7 Å². The van der Waals surface area contributed by atoms with E-state index < -0.39 is 18.0 Å².